The Morgan fingerprint density at radius 2 is 1.91 bits per heavy atom. The Kier molecular flexibility index (Phi) is 4.02. The molecule has 3 rings (SSSR count). The standard InChI is InChI=1S/C18H19N3O2/c1-12-20-16-10-13(4-9-17(16)23-12)11-19-18(22)14-5-7-15(8-6-14)21(2)3/h4-10H,11H2,1-3H3,(H,19,22). The van der Waals surface area contributed by atoms with Gasteiger partial charge in [-0.15, -0.1) is 0 Å². The molecule has 0 spiro atoms. The van der Waals surface area contributed by atoms with Gasteiger partial charge in [0.25, 0.3) is 5.91 Å². The molecule has 3 aromatic rings. The third kappa shape index (κ3) is 3.34. The molecule has 0 bridgehead atoms. The maximum atomic E-state index is 12.2. The van der Waals surface area contributed by atoms with Crippen molar-refractivity contribution < 1.29 is 9.21 Å². The number of aryl methyl sites for hydroxylation is 1. The van der Waals surface area contributed by atoms with Crippen LogP contribution in [0.1, 0.15) is 21.8 Å². The maximum Gasteiger partial charge on any atom is 0.251 e. The molecule has 1 aromatic heterocycles. The average molecular weight is 309 g/mol. The molecule has 0 unspecified atom stereocenters. The first-order valence-corrected chi connectivity index (χ1v) is 7.44. The summed E-state index contributed by atoms with van der Waals surface area (Å²) in [5.74, 6) is 0.550. The van der Waals surface area contributed by atoms with Gasteiger partial charge in [-0.3, -0.25) is 4.79 Å². The van der Waals surface area contributed by atoms with E-state index in [9.17, 15) is 4.79 Å². The fourth-order valence-corrected chi connectivity index (χ4v) is 2.39. The van der Waals surface area contributed by atoms with Crippen LogP contribution in [0.15, 0.2) is 46.9 Å². The van der Waals surface area contributed by atoms with Crippen LogP contribution < -0.4 is 10.2 Å². The molecule has 23 heavy (non-hydrogen) atoms. The number of carbonyl (C=O) groups excluding carboxylic acids is 1. The second-order valence-corrected chi connectivity index (χ2v) is 5.66. The largest absolute Gasteiger partial charge is 0.441 e. The summed E-state index contributed by atoms with van der Waals surface area (Å²) in [6.45, 7) is 2.27. The highest BCUT2D eigenvalue weighted by Gasteiger charge is 2.07. The summed E-state index contributed by atoms with van der Waals surface area (Å²) in [7, 11) is 3.94. The number of hydrogen-bond acceptors (Lipinski definition) is 4. The number of rotatable bonds is 4. The molecule has 2 aromatic carbocycles. The summed E-state index contributed by atoms with van der Waals surface area (Å²) >= 11 is 0. The van der Waals surface area contributed by atoms with Crippen LogP contribution in [0.4, 0.5) is 5.69 Å². The number of aromatic nitrogens is 1. The molecular weight excluding hydrogens is 290 g/mol. The van der Waals surface area contributed by atoms with Crippen molar-refractivity contribution in [2.24, 2.45) is 0 Å². The highest BCUT2D eigenvalue weighted by atomic mass is 16.3. The van der Waals surface area contributed by atoms with E-state index in [1.54, 1.807) is 0 Å². The van der Waals surface area contributed by atoms with Crippen LogP contribution in [0.25, 0.3) is 11.1 Å². The molecule has 0 aliphatic heterocycles. The van der Waals surface area contributed by atoms with Crippen molar-refractivity contribution in [2.75, 3.05) is 19.0 Å². The Hall–Kier alpha value is -2.82. The van der Waals surface area contributed by atoms with E-state index in [0.29, 0.717) is 18.0 Å². The number of nitrogens with one attached hydrogen (secondary N) is 1. The zero-order valence-corrected chi connectivity index (χ0v) is 13.5. The first kappa shape index (κ1) is 15.1. The van der Waals surface area contributed by atoms with Crippen molar-refractivity contribution in [1.82, 2.24) is 10.3 Å². The van der Waals surface area contributed by atoms with E-state index in [0.717, 1.165) is 22.4 Å². The minimum absolute atomic E-state index is 0.0910. The van der Waals surface area contributed by atoms with Crippen LogP contribution in [0.5, 0.6) is 0 Å². The molecule has 0 radical (unpaired) electrons. The number of carbonyl (C=O) groups is 1. The van der Waals surface area contributed by atoms with Gasteiger partial charge in [0, 0.05) is 38.8 Å². The smallest absolute Gasteiger partial charge is 0.251 e. The zero-order chi connectivity index (χ0) is 16.4. The van der Waals surface area contributed by atoms with Crippen LogP contribution in [0.3, 0.4) is 0 Å². The van der Waals surface area contributed by atoms with Crippen molar-refractivity contribution in [3.05, 3.63) is 59.5 Å². The SMILES string of the molecule is Cc1nc2cc(CNC(=O)c3ccc(N(C)C)cc3)ccc2o1. The minimum Gasteiger partial charge on any atom is -0.441 e. The van der Waals surface area contributed by atoms with E-state index in [2.05, 4.69) is 10.3 Å². The van der Waals surface area contributed by atoms with Gasteiger partial charge in [0.05, 0.1) is 0 Å². The summed E-state index contributed by atoms with van der Waals surface area (Å²) in [5.41, 5.74) is 4.27. The summed E-state index contributed by atoms with van der Waals surface area (Å²) in [4.78, 5) is 18.5. The lowest BCUT2D eigenvalue weighted by molar-refractivity contribution is 0.0951. The lowest BCUT2D eigenvalue weighted by atomic mass is 10.1. The van der Waals surface area contributed by atoms with E-state index in [1.165, 1.54) is 0 Å². The molecular formula is C18H19N3O2. The molecule has 5 heteroatoms. The molecule has 1 N–H and O–H groups in total. The van der Waals surface area contributed by atoms with E-state index in [1.807, 2.05) is 68.4 Å². The number of amides is 1. The molecule has 1 heterocycles. The summed E-state index contributed by atoms with van der Waals surface area (Å²) in [6, 6.07) is 13.3. The van der Waals surface area contributed by atoms with Crippen LogP contribution in [0.2, 0.25) is 0 Å². The van der Waals surface area contributed by atoms with Gasteiger partial charge in [-0.1, -0.05) is 6.07 Å². The summed E-state index contributed by atoms with van der Waals surface area (Å²) in [6.07, 6.45) is 0. The predicted molar refractivity (Wildman–Crippen MR) is 90.7 cm³/mol. The second kappa shape index (κ2) is 6.12. The van der Waals surface area contributed by atoms with Crippen molar-refractivity contribution in [2.45, 2.75) is 13.5 Å². The number of anilines is 1. The topological polar surface area (TPSA) is 58.4 Å². The van der Waals surface area contributed by atoms with Crippen molar-refractivity contribution >= 4 is 22.7 Å². The normalized spacial score (nSPS) is 10.7. The Morgan fingerprint density at radius 1 is 1.17 bits per heavy atom. The monoisotopic (exact) mass is 309 g/mol. The Morgan fingerprint density at radius 3 is 2.61 bits per heavy atom. The molecule has 118 valence electrons. The molecule has 5 nitrogen and oxygen atoms in total. The number of benzene rings is 2. The van der Waals surface area contributed by atoms with Crippen LogP contribution in [-0.4, -0.2) is 25.0 Å². The van der Waals surface area contributed by atoms with E-state index >= 15 is 0 Å². The molecule has 0 aliphatic carbocycles. The molecule has 0 fully saturated rings. The second-order valence-electron chi connectivity index (χ2n) is 5.66. The van der Waals surface area contributed by atoms with Gasteiger partial charge < -0.3 is 14.6 Å². The van der Waals surface area contributed by atoms with E-state index < -0.39 is 0 Å². The fraction of sp³-hybridized carbons (Fsp3) is 0.222. The lowest BCUT2D eigenvalue weighted by Crippen LogP contribution is -2.22. The molecule has 0 saturated carbocycles. The minimum atomic E-state index is -0.0910. The predicted octanol–water partition coefficient (Wildman–Crippen LogP) is 3.13. The van der Waals surface area contributed by atoms with Gasteiger partial charge in [0.1, 0.15) is 5.52 Å². The van der Waals surface area contributed by atoms with Gasteiger partial charge in [0.15, 0.2) is 11.5 Å². The Bertz CT molecular complexity index is 835. The van der Waals surface area contributed by atoms with Crippen molar-refractivity contribution in [1.29, 1.82) is 0 Å². The first-order valence-electron chi connectivity index (χ1n) is 7.44. The zero-order valence-electron chi connectivity index (χ0n) is 13.5. The summed E-state index contributed by atoms with van der Waals surface area (Å²) < 4.78 is 5.45. The molecule has 0 saturated heterocycles. The highest BCUT2D eigenvalue weighted by molar-refractivity contribution is 5.94. The van der Waals surface area contributed by atoms with Crippen molar-refractivity contribution in [3.63, 3.8) is 0 Å². The molecule has 1 amide bonds. The number of nitrogens with zero attached hydrogens (tertiary/aromatic N) is 2. The van der Waals surface area contributed by atoms with Gasteiger partial charge in [-0.05, 0) is 42.0 Å². The number of hydrogen-bond donors (Lipinski definition) is 1. The Labute approximate surface area is 134 Å². The van der Waals surface area contributed by atoms with E-state index in [4.69, 9.17) is 4.42 Å². The first-order chi connectivity index (χ1) is 11.0. The number of oxazole rings is 1. The fourth-order valence-electron chi connectivity index (χ4n) is 2.39. The quantitative estimate of drug-likeness (QED) is 0.804. The van der Waals surface area contributed by atoms with Crippen molar-refractivity contribution in [3.8, 4) is 0 Å². The molecule has 0 aliphatic rings. The third-order valence-corrected chi connectivity index (χ3v) is 3.66. The van der Waals surface area contributed by atoms with Gasteiger partial charge in [-0.25, -0.2) is 4.98 Å². The van der Waals surface area contributed by atoms with Gasteiger partial charge in [-0.2, -0.15) is 0 Å². The Balaban J connectivity index is 1.67. The molecule has 0 atom stereocenters. The lowest BCUT2D eigenvalue weighted by Gasteiger charge is -2.12. The number of fused-ring (bicyclic) bond motifs is 1. The highest BCUT2D eigenvalue weighted by Crippen LogP contribution is 2.17. The van der Waals surface area contributed by atoms with Crippen LogP contribution in [-0.2, 0) is 6.54 Å². The van der Waals surface area contributed by atoms with Crippen LogP contribution in [0, 0.1) is 6.92 Å². The van der Waals surface area contributed by atoms with Crippen LogP contribution >= 0.6 is 0 Å². The average Bonchev–Trinajstić information content (AvgIpc) is 2.92. The summed E-state index contributed by atoms with van der Waals surface area (Å²) in [5, 5.41) is 2.92. The van der Waals surface area contributed by atoms with Gasteiger partial charge in [0.2, 0.25) is 0 Å². The van der Waals surface area contributed by atoms with E-state index in [-0.39, 0.29) is 5.91 Å². The van der Waals surface area contributed by atoms with Gasteiger partial charge >= 0.3 is 0 Å². The third-order valence-electron chi connectivity index (χ3n) is 3.66. The maximum absolute atomic E-state index is 12.2.